The lowest BCUT2D eigenvalue weighted by molar-refractivity contribution is 0.645. The molecular formula is C16H22N4. The van der Waals surface area contributed by atoms with Gasteiger partial charge in [-0.1, -0.05) is 19.1 Å². The van der Waals surface area contributed by atoms with Crippen LogP contribution in [0.2, 0.25) is 0 Å². The topological polar surface area (TPSA) is 55.0 Å². The van der Waals surface area contributed by atoms with Crippen molar-refractivity contribution in [3.63, 3.8) is 0 Å². The summed E-state index contributed by atoms with van der Waals surface area (Å²) in [4.78, 5) is 10.8. The number of nitrogens with zero attached hydrogens (tertiary/aromatic N) is 3. The minimum atomic E-state index is 0.218. The molecule has 20 heavy (non-hydrogen) atoms. The smallest absolute Gasteiger partial charge is 0.128 e. The molecule has 2 heterocycles. The molecule has 0 spiro atoms. The quantitative estimate of drug-likeness (QED) is 0.875. The number of anilines is 1. The molecule has 0 aliphatic rings. The molecule has 2 aromatic heterocycles. The minimum absolute atomic E-state index is 0.218. The van der Waals surface area contributed by atoms with Gasteiger partial charge in [-0.05, 0) is 36.1 Å². The highest BCUT2D eigenvalue weighted by molar-refractivity contribution is 5.39. The van der Waals surface area contributed by atoms with Crippen LogP contribution in [0.1, 0.15) is 24.5 Å². The Bertz CT molecular complexity index is 510. The van der Waals surface area contributed by atoms with Crippen LogP contribution in [0.3, 0.4) is 0 Å². The normalized spacial score (nSPS) is 12.2. The third-order valence-corrected chi connectivity index (χ3v) is 3.37. The van der Waals surface area contributed by atoms with Crippen molar-refractivity contribution in [2.24, 2.45) is 5.73 Å². The van der Waals surface area contributed by atoms with Gasteiger partial charge in [0.05, 0.1) is 0 Å². The standard InChI is InChI=1S/C16H22N4/c1-3-15(17)9-13-6-7-16(19-11-13)20(2)12-14-5-4-8-18-10-14/h4-8,10-11,15H,3,9,12,17H2,1-2H3. The van der Waals surface area contributed by atoms with E-state index in [4.69, 9.17) is 5.73 Å². The second-order valence-electron chi connectivity index (χ2n) is 5.11. The third kappa shape index (κ3) is 4.03. The van der Waals surface area contributed by atoms with Gasteiger partial charge in [0.25, 0.3) is 0 Å². The molecule has 0 saturated heterocycles. The van der Waals surface area contributed by atoms with Gasteiger partial charge in [-0.2, -0.15) is 0 Å². The Labute approximate surface area is 120 Å². The molecule has 0 bridgehead atoms. The highest BCUT2D eigenvalue weighted by Gasteiger charge is 2.05. The first kappa shape index (κ1) is 14.5. The Morgan fingerprint density at radius 3 is 2.65 bits per heavy atom. The van der Waals surface area contributed by atoms with Crippen LogP contribution >= 0.6 is 0 Å². The maximum absolute atomic E-state index is 5.96. The van der Waals surface area contributed by atoms with Crippen molar-refractivity contribution in [1.29, 1.82) is 0 Å². The van der Waals surface area contributed by atoms with Crippen LogP contribution in [-0.4, -0.2) is 23.1 Å². The van der Waals surface area contributed by atoms with Gasteiger partial charge in [0, 0.05) is 38.2 Å². The van der Waals surface area contributed by atoms with E-state index >= 15 is 0 Å². The number of rotatable bonds is 6. The Morgan fingerprint density at radius 1 is 1.20 bits per heavy atom. The summed E-state index contributed by atoms with van der Waals surface area (Å²) in [5, 5.41) is 0. The fourth-order valence-electron chi connectivity index (χ4n) is 2.06. The van der Waals surface area contributed by atoms with Crippen molar-refractivity contribution >= 4 is 5.82 Å². The van der Waals surface area contributed by atoms with Gasteiger partial charge in [0.2, 0.25) is 0 Å². The van der Waals surface area contributed by atoms with Gasteiger partial charge in [0.1, 0.15) is 5.82 Å². The first-order chi connectivity index (χ1) is 9.69. The molecule has 1 atom stereocenters. The number of aromatic nitrogens is 2. The van der Waals surface area contributed by atoms with Crippen LogP contribution < -0.4 is 10.6 Å². The summed E-state index contributed by atoms with van der Waals surface area (Å²) >= 11 is 0. The SMILES string of the molecule is CCC(N)Cc1ccc(N(C)Cc2cccnc2)nc1. The summed E-state index contributed by atoms with van der Waals surface area (Å²) in [6.07, 6.45) is 7.46. The zero-order valence-electron chi connectivity index (χ0n) is 12.2. The lowest BCUT2D eigenvalue weighted by atomic mass is 10.1. The van der Waals surface area contributed by atoms with Gasteiger partial charge in [-0.15, -0.1) is 0 Å². The largest absolute Gasteiger partial charge is 0.355 e. The molecule has 0 saturated carbocycles. The predicted molar refractivity (Wildman–Crippen MR) is 82.6 cm³/mol. The van der Waals surface area contributed by atoms with Gasteiger partial charge in [-0.3, -0.25) is 4.98 Å². The highest BCUT2D eigenvalue weighted by Crippen LogP contribution is 2.13. The fraction of sp³-hybridized carbons (Fsp3) is 0.375. The molecule has 4 nitrogen and oxygen atoms in total. The number of hydrogen-bond acceptors (Lipinski definition) is 4. The fourth-order valence-corrected chi connectivity index (χ4v) is 2.06. The zero-order valence-corrected chi connectivity index (χ0v) is 12.2. The molecule has 0 aliphatic heterocycles. The molecule has 106 valence electrons. The summed E-state index contributed by atoms with van der Waals surface area (Å²) in [5.41, 5.74) is 8.33. The van der Waals surface area contributed by atoms with Crippen molar-refractivity contribution in [2.45, 2.75) is 32.4 Å². The third-order valence-electron chi connectivity index (χ3n) is 3.37. The maximum atomic E-state index is 5.96. The highest BCUT2D eigenvalue weighted by atomic mass is 15.2. The molecule has 2 aromatic rings. The van der Waals surface area contributed by atoms with Gasteiger partial charge in [0.15, 0.2) is 0 Å². The number of pyridine rings is 2. The van der Waals surface area contributed by atoms with Crippen LogP contribution in [0.25, 0.3) is 0 Å². The van der Waals surface area contributed by atoms with Crippen molar-refractivity contribution in [3.8, 4) is 0 Å². The number of nitrogens with two attached hydrogens (primary N) is 1. The first-order valence-corrected chi connectivity index (χ1v) is 6.99. The van der Waals surface area contributed by atoms with E-state index in [-0.39, 0.29) is 6.04 Å². The summed E-state index contributed by atoms with van der Waals surface area (Å²) in [6, 6.07) is 8.39. The molecule has 2 N–H and O–H groups in total. The second-order valence-corrected chi connectivity index (χ2v) is 5.11. The predicted octanol–water partition coefficient (Wildman–Crippen LogP) is 2.39. The summed E-state index contributed by atoms with van der Waals surface area (Å²) in [7, 11) is 2.03. The van der Waals surface area contributed by atoms with E-state index in [0.29, 0.717) is 0 Å². The second kappa shape index (κ2) is 7.01. The number of hydrogen-bond donors (Lipinski definition) is 1. The Balaban J connectivity index is 1.98. The summed E-state index contributed by atoms with van der Waals surface area (Å²) in [6.45, 7) is 2.91. The summed E-state index contributed by atoms with van der Waals surface area (Å²) < 4.78 is 0. The van der Waals surface area contributed by atoms with Crippen LogP contribution in [0.4, 0.5) is 5.82 Å². The first-order valence-electron chi connectivity index (χ1n) is 6.99. The Hall–Kier alpha value is -1.94. The molecule has 0 aliphatic carbocycles. The van der Waals surface area contributed by atoms with E-state index in [1.54, 1.807) is 6.20 Å². The van der Waals surface area contributed by atoms with Crippen LogP contribution in [0, 0.1) is 0 Å². The van der Waals surface area contributed by atoms with Crippen molar-refractivity contribution in [3.05, 3.63) is 54.0 Å². The minimum Gasteiger partial charge on any atom is -0.355 e. The monoisotopic (exact) mass is 270 g/mol. The van der Waals surface area contributed by atoms with Gasteiger partial charge < -0.3 is 10.6 Å². The van der Waals surface area contributed by atoms with E-state index in [1.165, 1.54) is 11.1 Å². The van der Waals surface area contributed by atoms with Crippen LogP contribution in [0.5, 0.6) is 0 Å². The molecule has 2 rings (SSSR count). The van der Waals surface area contributed by atoms with Gasteiger partial charge >= 0.3 is 0 Å². The van der Waals surface area contributed by atoms with E-state index in [9.17, 15) is 0 Å². The molecule has 1 unspecified atom stereocenters. The van der Waals surface area contributed by atoms with E-state index in [0.717, 1.165) is 25.2 Å². The lowest BCUT2D eigenvalue weighted by Gasteiger charge is -2.18. The average molecular weight is 270 g/mol. The van der Waals surface area contributed by atoms with Crippen molar-refractivity contribution < 1.29 is 0 Å². The van der Waals surface area contributed by atoms with Crippen LogP contribution in [0.15, 0.2) is 42.9 Å². The van der Waals surface area contributed by atoms with Crippen molar-refractivity contribution in [1.82, 2.24) is 9.97 Å². The van der Waals surface area contributed by atoms with Crippen molar-refractivity contribution in [2.75, 3.05) is 11.9 Å². The van der Waals surface area contributed by atoms with E-state index in [1.807, 2.05) is 31.6 Å². The molecular weight excluding hydrogens is 248 g/mol. The molecule has 0 aromatic carbocycles. The molecule has 4 heteroatoms. The Morgan fingerprint density at radius 2 is 2.05 bits per heavy atom. The van der Waals surface area contributed by atoms with E-state index < -0.39 is 0 Å². The van der Waals surface area contributed by atoms with Gasteiger partial charge in [-0.25, -0.2) is 4.98 Å². The Kier molecular flexibility index (Phi) is 5.07. The molecule has 0 amide bonds. The average Bonchev–Trinajstić information content (AvgIpc) is 2.49. The molecule has 0 fully saturated rings. The van der Waals surface area contributed by atoms with Crippen LogP contribution in [-0.2, 0) is 13.0 Å². The molecule has 0 radical (unpaired) electrons. The maximum Gasteiger partial charge on any atom is 0.128 e. The zero-order chi connectivity index (χ0) is 14.4. The lowest BCUT2D eigenvalue weighted by Crippen LogP contribution is -2.22. The summed E-state index contributed by atoms with van der Waals surface area (Å²) in [5.74, 6) is 0.961. The van der Waals surface area contributed by atoms with E-state index in [2.05, 4.69) is 33.9 Å².